The third kappa shape index (κ3) is 3.70. The molecule has 0 spiro atoms. The van der Waals surface area contributed by atoms with Crippen LogP contribution in [0, 0.1) is 5.92 Å². The molecular formula is C11H18N2OS2. The highest BCUT2D eigenvalue weighted by atomic mass is 32.2. The standard InChI is InChI=1S/C11H18N2OS2/c1-15-8-10-12-13-11(14-10)16-7-9-5-3-2-4-6-9/h9H,2-8H2,1H3. The molecule has 0 aliphatic heterocycles. The first-order valence-electron chi connectivity index (χ1n) is 5.82. The lowest BCUT2D eigenvalue weighted by Gasteiger charge is -2.19. The molecule has 1 saturated carbocycles. The van der Waals surface area contributed by atoms with E-state index >= 15 is 0 Å². The van der Waals surface area contributed by atoms with Crippen LogP contribution in [0.15, 0.2) is 9.64 Å². The number of hydrogen-bond acceptors (Lipinski definition) is 5. The van der Waals surface area contributed by atoms with E-state index < -0.39 is 0 Å². The number of hydrogen-bond donors (Lipinski definition) is 0. The van der Waals surface area contributed by atoms with E-state index in [-0.39, 0.29) is 0 Å². The summed E-state index contributed by atoms with van der Waals surface area (Å²) in [5, 5.41) is 8.81. The van der Waals surface area contributed by atoms with Crippen molar-refractivity contribution in [3.05, 3.63) is 5.89 Å². The van der Waals surface area contributed by atoms with Gasteiger partial charge in [-0.15, -0.1) is 10.2 Å². The molecule has 16 heavy (non-hydrogen) atoms. The molecule has 0 atom stereocenters. The fraction of sp³-hybridized carbons (Fsp3) is 0.818. The normalized spacial score (nSPS) is 17.8. The van der Waals surface area contributed by atoms with Crippen molar-refractivity contribution >= 4 is 23.5 Å². The minimum Gasteiger partial charge on any atom is -0.415 e. The molecule has 3 nitrogen and oxygen atoms in total. The summed E-state index contributed by atoms with van der Waals surface area (Å²) in [5.74, 6) is 3.56. The van der Waals surface area contributed by atoms with Gasteiger partial charge in [-0.25, -0.2) is 0 Å². The first kappa shape index (κ1) is 12.3. The van der Waals surface area contributed by atoms with Crippen LogP contribution in [0.4, 0.5) is 0 Å². The third-order valence-corrected chi connectivity index (χ3v) is 4.47. The van der Waals surface area contributed by atoms with E-state index in [4.69, 9.17) is 4.42 Å². The summed E-state index contributed by atoms with van der Waals surface area (Å²) in [6, 6.07) is 0. The van der Waals surface area contributed by atoms with Crippen LogP contribution in [0.25, 0.3) is 0 Å². The lowest BCUT2D eigenvalue weighted by atomic mass is 9.91. The van der Waals surface area contributed by atoms with Crippen molar-refractivity contribution in [2.24, 2.45) is 5.92 Å². The zero-order valence-electron chi connectivity index (χ0n) is 9.65. The van der Waals surface area contributed by atoms with Gasteiger partial charge in [0, 0.05) is 5.75 Å². The van der Waals surface area contributed by atoms with Crippen molar-refractivity contribution in [1.29, 1.82) is 0 Å². The second-order valence-corrected chi connectivity index (χ2v) is 6.05. The van der Waals surface area contributed by atoms with Crippen LogP contribution in [0.3, 0.4) is 0 Å². The van der Waals surface area contributed by atoms with Crippen LogP contribution in [0.1, 0.15) is 38.0 Å². The van der Waals surface area contributed by atoms with Crippen molar-refractivity contribution < 1.29 is 4.42 Å². The van der Waals surface area contributed by atoms with E-state index in [0.717, 1.165) is 28.5 Å². The highest BCUT2D eigenvalue weighted by molar-refractivity contribution is 7.99. The lowest BCUT2D eigenvalue weighted by molar-refractivity contribution is 0.387. The van der Waals surface area contributed by atoms with Gasteiger partial charge in [-0.1, -0.05) is 31.0 Å². The van der Waals surface area contributed by atoms with Gasteiger partial charge >= 0.3 is 0 Å². The molecule has 1 aliphatic rings. The maximum absolute atomic E-state index is 5.54. The highest BCUT2D eigenvalue weighted by Gasteiger charge is 2.15. The fourth-order valence-electron chi connectivity index (χ4n) is 2.02. The second kappa shape index (κ2) is 6.55. The SMILES string of the molecule is CSCc1nnc(SCC2CCCCC2)o1. The molecule has 2 rings (SSSR count). The number of rotatable bonds is 5. The molecule has 90 valence electrons. The van der Waals surface area contributed by atoms with Crippen LogP contribution >= 0.6 is 23.5 Å². The Labute approximate surface area is 105 Å². The monoisotopic (exact) mass is 258 g/mol. The van der Waals surface area contributed by atoms with E-state index in [9.17, 15) is 0 Å². The van der Waals surface area contributed by atoms with E-state index in [2.05, 4.69) is 10.2 Å². The summed E-state index contributed by atoms with van der Waals surface area (Å²) in [6.07, 6.45) is 9.00. The van der Waals surface area contributed by atoms with Gasteiger partial charge in [0.25, 0.3) is 5.22 Å². The Balaban J connectivity index is 1.75. The van der Waals surface area contributed by atoms with Gasteiger partial charge in [-0.3, -0.25) is 0 Å². The first-order chi connectivity index (χ1) is 7.88. The molecule has 5 heteroatoms. The summed E-state index contributed by atoms with van der Waals surface area (Å²) in [4.78, 5) is 0. The molecule has 0 N–H and O–H groups in total. The van der Waals surface area contributed by atoms with Crippen molar-refractivity contribution in [2.75, 3.05) is 12.0 Å². The zero-order chi connectivity index (χ0) is 11.2. The maximum atomic E-state index is 5.54. The fourth-order valence-corrected chi connectivity index (χ4v) is 3.35. The Morgan fingerprint density at radius 1 is 1.25 bits per heavy atom. The molecule has 1 aromatic rings. The summed E-state index contributed by atoms with van der Waals surface area (Å²) in [6.45, 7) is 0. The largest absolute Gasteiger partial charge is 0.415 e. The van der Waals surface area contributed by atoms with E-state index in [1.54, 1.807) is 23.5 Å². The van der Waals surface area contributed by atoms with Crippen LogP contribution in [-0.4, -0.2) is 22.2 Å². The third-order valence-electron chi connectivity index (χ3n) is 2.88. The van der Waals surface area contributed by atoms with Crippen molar-refractivity contribution in [3.63, 3.8) is 0 Å². The number of thioether (sulfide) groups is 2. The van der Waals surface area contributed by atoms with Crippen molar-refractivity contribution in [3.8, 4) is 0 Å². The van der Waals surface area contributed by atoms with Crippen LogP contribution in [0.5, 0.6) is 0 Å². The molecule has 0 bridgehead atoms. The Bertz CT molecular complexity index is 311. The Morgan fingerprint density at radius 3 is 2.81 bits per heavy atom. The smallest absolute Gasteiger partial charge is 0.276 e. The number of aromatic nitrogens is 2. The van der Waals surface area contributed by atoms with Gasteiger partial charge in [0.1, 0.15) is 0 Å². The Morgan fingerprint density at radius 2 is 2.06 bits per heavy atom. The van der Waals surface area contributed by atoms with Gasteiger partial charge in [-0.05, 0) is 25.0 Å². The van der Waals surface area contributed by atoms with Crippen LogP contribution in [-0.2, 0) is 5.75 Å². The molecule has 1 heterocycles. The highest BCUT2D eigenvalue weighted by Crippen LogP contribution is 2.29. The Hall–Kier alpha value is -0.160. The molecule has 0 unspecified atom stereocenters. The topological polar surface area (TPSA) is 38.9 Å². The predicted molar refractivity (Wildman–Crippen MR) is 68.8 cm³/mol. The molecule has 1 aromatic heterocycles. The summed E-state index contributed by atoms with van der Waals surface area (Å²) in [5.41, 5.74) is 0. The molecule has 1 aliphatic carbocycles. The summed E-state index contributed by atoms with van der Waals surface area (Å²) >= 11 is 3.43. The van der Waals surface area contributed by atoms with E-state index in [1.807, 2.05) is 6.26 Å². The van der Waals surface area contributed by atoms with Crippen molar-refractivity contribution in [1.82, 2.24) is 10.2 Å². The van der Waals surface area contributed by atoms with Crippen LogP contribution in [0.2, 0.25) is 0 Å². The van der Waals surface area contributed by atoms with Crippen LogP contribution < -0.4 is 0 Å². The summed E-state index contributed by atoms with van der Waals surface area (Å²) in [7, 11) is 0. The van der Waals surface area contributed by atoms with Crippen molar-refractivity contribution in [2.45, 2.75) is 43.1 Å². The van der Waals surface area contributed by atoms with Gasteiger partial charge in [-0.2, -0.15) is 11.8 Å². The first-order valence-corrected chi connectivity index (χ1v) is 8.20. The molecule has 1 fully saturated rings. The zero-order valence-corrected chi connectivity index (χ0v) is 11.3. The lowest BCUT2D eigenvalue weighted by Crippen LogP contribution is -2.08. The second-order valence-electron chi connectivity index (χ2n) is 4.21. The number of nitrogens with zero attached hydrogens (tertiary/aromatic N) is 2. The minimum absolute atomic E-state index is 0.745. The van der Waals surface area contributed by atoms with E-state index in [0.29, 0.717) is 0 Å². The van der Waals surface area contributed by atoms with Gasteiger partial charge in [0.05, 0.1) is 5.75 Å². The van der Waals surface area contributed by atoms with Gasteiger partial charge in [0.15, 0.2) is 0 Å². The van der Waals surface area contributed by atoms with Gasteiger partial charge < -0.3 is 4.42 Å². The van der Waals surface area contributed by atoms with E-state index in [1.165, 1.54) is 32.1 Å². The molecule has 0 aromatic carbocycles. The molecule has 0 radical (unpaired) electrons. The molecule has 0 saturated heterocycles. The predicted octanol–water partition coefficient (Wildman–Crippen LogP) is 3.61. The average Bonchev–Trinajstić information content (AvgIpc) is 2.76. The average molecular weight is 258 g/mol. The van der Waals surface area contributed by atoms with Gasteiger partial charge in [0.2, 0.25) is 5.89 Å². The Kier molecular flexibility index (Phi) is 5.03. The minimum atomic E-state index is 0.745. The molecular weight excluding hydrogens is 240 g/mol. The quantitative estimate of drug-likeness (QED) is 0.754. The maximum Gasteiger partial charge on any atom is 0.276 e. The summed E-state index contributed by atoms with van der Waals surface area (Å²) < 4.78 is 5.54. The molecule has 0 amide bonds.